The number of piperidine rings is 1. The van der Waals surface area contributed by atoms with Gasteiger partial charge in [-0.05, 0) is 25.3 Å². The summed E-state index contributed by atoms with van der Waals surface area (Å²) in [6, 6.07) is 0. The molecule has 18 heavy (non-hydrogen) atoms. The van der Waals surface area contributed by atoms with Crippen molar-refractivity contribution in [3.8, 4) is 0 Å². The molecule has 9 heteroatoms. The van der Waals surface area contributed by atoms with E-state index in [-0.39, 0.29) is 5.95 Å². The Kier molecular flexibility index (Phi) is 4.04. The lowest BCUT2D eigenvalue weighted by Crippen LogP contribution is -2.43. The van der Waals surface area contributed by atoms with Crippen LogP contribution in [-0.4, -0.2) is 47.5 Å². The van der Waals surface area contributed by atoms with Gasteiger partial charge in [-0.1, -0.05) is 0 Å². The van der Waals surface area contributed by atoms with Gasteiger partial charge in [0.15, 0.2) is 0 Å². The van der Waals surface area contributed by atoms with E-state index in [1.54, 1.807) is 0 Å². The summed E-state index contributed by atoms with van der Waals surface area (Å²) in [7, 11) is -3.59. The molecule has 8 nitrogen and oxygen atoms in total. The van der Waals surface area contributed by atoms with Crippen LogP contribution in [0.5, 0.6) is 0 Å². The second kappa shape index (κ2) is 5.55. The van der Waals surface area contributed by atoms with Crippen molar-refractivity contribution < 1.29 is 8.42 Å². The average Bonchev–Trinajstić information content (AvgIpc) is 2.39. The van der Waals surface area contributed by atoms with Crippen molar-refractivity contribution in [2.75, 3.05) is 24.4 Å². The van der Waals surface area contributed by atoms with Gasteiger partial charge >= 0.3 is 10.2 Å². The van der Waals surface area contributed by atoms with Crippen LogP contribution >= 0.6 is 0 Å². The summed E-state index contributed by atoms with van der Waals surface area (Å²) in [5.41, 5.74) is 5.57. The summed E-state index contributed by atoms with van der Waals surface area (Å²) < 4.78 is 27.7. The van der Waals surface area contributed by atoms with E-state index in [9.17, 15) is 8.42 Å². The zero-order valence-electron chi connectivity index (χ0n) is 9.86. The maximum absolute atomic E-state index is 12.0. The van der Waals surface area contributed by atoms with Gasteiger partial charge in [0.25, 0.3) is 5.95 Å². The molecule has 1 aromatic rings. The molecule has 0 amide bonds. The second-order valence-corrected chi connectivity index (χ2v) is 5.82. The molecule has 0 atom stereocenters. The first-order chi connectivity index (χ1) is 8.62. The van der Waals surface area contributed by atoms with Gasteiger partial charge in [-0.15, -0.1) is 5.10 Å². The first-order valence-electron chi connectivity index (χ1n) is 5.73. The molecule has 1 aliphatic heterocycles. The molecular formula is C9H16N6O2S. The van der Waals surface area contributed by atoms with Crippen molar-refractivity contribution >= 4 is 16.2 Å². The monoisotopic (exact) mass is 272 g/mol. The molecule has 1 fully saturated rings. The van der Waals surface area contributed by atoms with Gasteiger partial charge in [0.1, 0.15) is 0 Å². The lowest BCUT2D eigenvalue weighted by molar-refractivity contribution is 0.279. The predicted octanol–water partition coefficient (Wildman–Crippen LogP) is -0.801. The molecule has 1 aliphatic rings. The highest BCUT2D eigenvalue weighted by molar-refractivity contribution is 7.90. The van der Waals surface area contributed by atoms with E-state index in [0.29, 0.717) is 25.6 Å². The molecule has 0 unspecified atom stereocenters. The number of nitrogens with two attached hydrogens (primary N) is 1. The fraction of sp³-hybridized carbons (Fsp3) is 0.667. The lowest BCUT2D eigenvalue weighted by Gasteiger charge is -2.30. The van der Waals surface area contributed by atoms with Crippen LogP contribution in [0.3, 0.4) is 0 Å². The quantitative estimate of drug-likeness (QED) is 0.741. The molecule has 1 saturated heterocycles. The molecule has 2 rings (SSSR count). The molecule has 0 bridgehead atoms. The minimum Gasteiger partial charge on any atom is -0.330 e. The third-order valence-corrected chi connectivity index (χ3v) is 4.44. The van der Waals surface area contributed by atoms with E-state index in [1.165, 1.54) is 16.7 Å². The summed E-state index contributed by atoms with van der Waals surface area (Å²) in [4.78, 5) is 3.78. The van der Waals surface area contributed by atoms with E-state index in [1.807, 2.05) is 0 Å². The van der Waals surface area contributed by atoms with Gasteiger partial charge in [0.2, 0.25) is 0 Å². The zero-order chi connectivity index (χ0) is 13.0. The molecular weight excluding hydrogens is 256 g/mol. The molecule has 0 spiro atoms. The van der Waals surface area contributed by atoms with Crippen molar-refractivity contribution in [1.29, 1.82) is 0 Å². The van der Waals surface area contributed by atoms with Crippen LogP contribution in [0.2, 0.25) is 0 Å². The van der Waals surface area contributed by atoms with Crippen LogP contribution in [-0.2, 0) is 10.2 Å². The van der Waals surface area contributed by atoms with Crippen molar-refractivity contribution in [3.05, 3.63) is 12.4 Å². The van der Waals surface area contributed by atoms with Crippen LogP contribution in [0.1, 0.15) is 12.8 Å². The van der Waals surface area contributed by atoms with Crippen molar-refractivity contribution in [3.63, 3.8) is 0 Å². The van der Waals surface area contributed by atoms with Gasteiger partial charge < -0.3 is 5.73 Å². The van der Waals surface area contributed by atoms with Crippen molar-refractivity contribution in [1.82, 2.24) is 19.5 Å². The Labute approximate surface area is 106 Å². The van der Waals surface area contributed by atoms with Crippen LogP contribution in [0.15, 0.2) is 12.4 Å². The van der Waals surface area contributed by atoms with Gasteiger partial charge in [-0.2, -0.15) is 17.8 Å². The zero-order valence-corrected chi connectivity index (χ0v) is 10.7. The number of hydrogen-bond donors (Lipinski definition) is 2. The van der Waals surface area contributed by atoms with Gasteiger partial charge in [-0.3, -0.25) is 0 Å². The number of nitrogens with one attached hydrogen (secondary N) is 1. The van der Waals surface area contributed by atoms with Crippen molar-refractivity contribution in [2.45, 2.75) is 12.8 Å². The summed E-state index contributed by atoms with van der Waals surface area (Å²) in [6.07, 6.45) is 4.33. The van der Waals surface area contributed by atoms with Crippen LogP contribution in [0.25, 0.3) is 0 Å². The Morgan fingerprint density at radius 1 is 1.39 bits per heavy atom. The third-order valence-electron chi connectivity index (χ3n) is 2.95. The highest BCUT2D eigenvalue weighted by Crippen LogP contribution is 2.18. The maximum atomic E-state index is 12.0. The summed E-state index contributed by atoms with van der Waals surface area (Å²) in [5.74, 6) is 0.393. The molecule has 2 heterocycles. The largest absolute Gasteiger partial charge is 0.330 e. The molecule has 1 aromatic heterocycles. The first kappa shape index (κ1) is 13.1. The highest BCUT2D eigenvalue weighted by Gasteiger charge is 2.27. The van der Waals surface area contributed by atoms with Gasteiger partial charge in [0, 0.05) is 13.1 Å². The van der Waals surface area contributed by atoms with E-state index >= 15 is 0 Å². The van der Waals surface area contributed by atoms with E-state index < -0.39 is 10.2 Å². The summed E-state index contributed by atoms with van der Waals surface area (Å²) in [6.45, 7) is 1.54. The average molecular weight is 272 g/mol. The number of hydrogen-bond acceptors (Lipinski definition) is 6. The van der Waals surface area contributed by atoms with Crippen LogP contribution in [0, 0.1) is 5.92 Å². The molecule has 3 N–H and O–H groups in total. The van der Waals surface area contributed by atoms with E-state index in [4.69, 9.17) is 5.73 Å². The normalized spacial score (nSPS) is 18.7. The Hall–Kier alpha value is -1.32. The number of nitrogens with zero attached hydrogens (tertiary/aromatic N) is 4. The van der Waals surface area contributed by atoms with Crippen LogP contribution < -0.4 is 10.5 Å². The maximum Gasteiger partial charge on any atom is 0.304 e. The Morgan fingerprint density at radius 2 is 2.11 bits per heavy atom. The van der Waals surface area contributed by atoms with Gasteiger partial charge in [-0.25, -0.2) is 9.71 Å². The van der Waals surface area contributed by atoms with Crippen molar-refractivity contribution in [2.24, 2.45) is 11.7 Å². The number of anilines is 1. The standard InChI is InChI=1S/C9H16N6O2S/c10-7-8-1-5-15(6-2-8)18(16,17)14-9-11-3-4-12-13-9/h3-4,8H,1-2,5-7,10H2,(H,11,13,14). The minimum absolute atomic E-state index is 0.0153. The summed E-state index contributed by atoms with van der Waals surface area (Å²) in [5, 5.41) is 7.16. The Bertz CT molecular complexity index is 471. The third kappa shape index (κ3) is 3.12. The predicted molar refractivity (Wildman–Crippen MR) is 65.7 cm³/mol. The topological polar surface area (TPSA) is 114 Å². The van der Waals surface area contributed by atoms with Crippen LogP contribution in [0.4, 0.5) is 5.95 Å². The second-order valence-electron chi connectivity index (χ2n) is 4.15. The fourth-order valence-corrected chi connectivity index (χ4v) is 3.00. The Balaban J connectivity index is 2.00. The Morgan fingerprint density at radius 3 is 2.67 bits per heavy atom. The molecule has 100 valence electrons. The minimum atomic E-state index is -3.59. The van der Waals surface area contributed by atoms with Gasteiger partial charge in [0.05, 0.1) is 12.4 Å². The fourth-order valence-electron chi connectivity index (χ4n) is 1.86. The smallest absolute Gasteiger partial charge is 0.304 e. The number of aromatic nitrogens is 3. The SMILES string of the molecule is NCC1CCN(S(=O)(=O)Nc2nccnn2)CC1. The highest BCUT2D eigenvalue weighted by atomic mass is 32.2. The first-order valence-corrected chi connectivity index (χ1v) is 7.17. The number of rotatable bonds is 4. The summed E-state index contributed by atoms with van der Waals surface area (Å²) >= 11 is 0. The molecule has 0 radical (unpaired) electrons. The molecule has 0 aliphatic carbocycles. The van der Waals surface area contributed by atoms with E-state index in [0.717, 1.165) is 12.8 Å². The molecule has 0 aromatic carbocycles. The lowest BCUT2D eigenvalue weighted by atomic mass is 9.99. The van der Waals surface area contributed by atoms with E-state index in [2.05, 4.69) is 19.9 Å². The molecule has 0 saturated carbocycles.